The number of H-pyrrole nitrogens is 1. The predicted octanol–water partition coefficient (Wildman–Crippen LogP) is 7.06. The molecule has 10 heteroatoms. The molecule has 0 bridgehead atoms. The Labute approximate surface area is 211 Å². The molecule has 1 saturated heterocycles. The molecule has 3 aliphatic heterocycles. The summed E-state index contributed by atoms with van der Waals surface area (Å²) in [5, 5.41) is 0.392. The van der Waals surface area contributed by atoms with Crippen molar-refractivity contribution in [1.82, 2.24) is 14.9 Å². The first-order valence-electron chi connectivity index (χ1n) is 8.98. The van der Waals surface area contributed by atoms with E-state index in [1.54, 1.807) is 11.1 Å². The van der Waals surface area contributed by atoms with Gasteiger partial charge in [-0.15, -0.1) is 0 Å². The third kappa shape index (κ3) is 2.78. The second-order valence-corrected chi connectivity index (χ2v) is 11.6. The lowest BCUT2D eigenvalue weighted by molar-refractivity contribution is -0.145. The molecule has 1 spiro atoms. The van der Waals surface area contributed by atoms with Crippen LogP contribution >= 0.6 is 75.3 Å². The van der Waals surface area contributed by atoms with Crippen LogP contribution in [0.25, 0.3) is 5.03 Å². The molecule has 1 atom stereocenters. The molecule has 3 aliphatic rings. The van der Waals surface area contributed by atoms with Crippen molar-refractivity contribution in [1.29, 1.82) is 0 Å². The molecule has 0 radical (unpaired) electrons. The van der Waals surface area contributed by atoms with Crippen LogP contribution in [0.1, 0.15) is 37.2 Å². The van der Waals surface area contributed by atoms with Gasteiger partial charge in [0.1, 0.15) is 11.2 Å². The first-order chi connectivity index (χ1) is 14.1. The van der Waals surface area contributed by atoms with Crippen molar-refractivity contribution in [3.63, 3.8) is 0 Å². The minimum Gasteiger partial charge on any atom is -0.335 e. The lowest BCUT2D eigenvalue weighted by Crippen LogP contribution is -2.61. The average molecular weight is 680 g/mol. The zero-order valence-corrected chi connectivity index (χ0v) is 22.8. The standard InChI is InChI=1S/C20H13Br4ClN4O/c1-19(2)4-3-11-20(13-10(26-11)5-8(21)14(22)15(13)23)6-12(30)29(20)7-9(25)16-17(19)28-18(24)27-16/h3-5,7H,6H2,1-2H3,(H,27,28). The molecule has 1 unspecified atom stereocenters. The van der Waals surface area contributed by atoms with Gasteiger partial charge in [0.25, 0.3) is 0 Å². The Kier molecular flexibility index (Phi) is 4.84. The number of benzene rings is 1. The molecule has 5 rings (SSSR count). The minimum atomic E-state index is -0.716. The number of imidazole rings is 1. The molecule has 1 fully saturated rings. The van der Waals surface area contributed by atoms with E-state index >= 15 is 0 Å². The Bertz CT molecular complexity index is 1250. The highest BCUT2D eigenvalue weighted by Crippen LogP contribution is 2.57. The van der Waals surface area contributed by atoms with Crippen molar-refractivity contribution < 1.29 is 4.79 Å². The van der Waals surface area contributed by atoms with Crippen molar-refractivity contribution >= 4 is 97.7 Å². The normalized spacial score (nSPS) is 23.7. The van der Waals surface area contributed by atoms with Crippen LogP contribution in [0.15, 0.2) is 47.6 Å². The van der Waals surface area contributed by atoms with Gasteiger partial charge in [0, 0.05) is 30.6 Å². The number of rotatable bonds is 0. The van der Waals surface area contributed by atoms with Gasteiger partial charge in [-0.05, 0) is 75.9 Å². The Morgan fingerprint density at radius 3 is 2.63 bits per heavy atom. The molecular weight excluding hydrogens is 667 g/mol. The van der Waals surface area contributed by atoms with Gasteiger partial charge in [-0.1, -0.05) is 31.5 Å². The van der Waals surface area contributed by atoms with E-state index < -0.39 is 11.0 Å². The van der Waals surface area contributed by atoms with Gasteiger partial charge in [-0.3, -0.25) is 9.79 Å². The number of β-lactam (4-membered cyclic amide) rings is 1. The van der Waals surface area contributed by atoms with Crippen LogP contribution in [0.5, 0.6) is 0 Å². The van der Waals surface area contributed by atoms with Gasteiger partial charge >= 0.3 is 0 Å². The number of carbonyl (C=O) groups excluding carboxylic acids is 1. The third-order valence-electron chi connectivity index (χ3n) is 5.75. The maximum atomic E-state index is 12.8. The van der Waals surface area contributed by atoms with E-state index in [2.05, 4.69) is 93.6 Å². The summed E-state index contributed by atoms with van der Waals surface area (Å²) in [4.78, 5) is 27.2. The number of carbonyl (C=O) groups is 1. The SMILES string of the molecule is CC1(C)C=CC2=Nc3cc(Br)c(Br)c(Br)c3C23CC(=O)N3C=C(Cl)c2nc(Br)[nH]c21. The van der Waals surface area contributed by atoms with Crippen LogP contribution in [0.4, 0.5) is 5.69 Å². The second-order valence-electron chi connectivity index (χ2n) is 7.96. The number of hydrogen-bond acceptors (Lipinski definition) is 3. The monoisotopic (exact) mass is 676 g/mol. The molecule has 30 heavy (non-hydrogen) atoms. The highest BCUT2D eigenvalue weighted by molar-refractivity contribution is 9.14. The lowest BCUT2D eigenvalue weighted by atomic mass is 9.74. The van der Waals surface area contributed by atoms with Crippen LogP contribution < -0.4 is 0 Å². The number of aliphatic imine (C=N–C) groups is 1. The smallest absolute Gasteiger partial charge is 0.230 e. The van der Waals surface area contributed by atoms with E-state index in [0.717, 1.165) is 36.1 Å². The topological polar surface area (TPSA) is 61.4 Å². The number of halogens is 5. The number of allylic oxidation sites excluding steroid dienone is 1. The number of aromatic nitrogens is 2. The van der Waals surface area contributed by atoms with E-state index in [1.807, 2.05) is 12.1 Å². The number of fused-ring (bicyclic) bond motifs is 2. The summed E-state index contributed by atoms with van der Waals surface area (Å²) in [5.41, 5.74) is 2.92. The first-order valence-corrected chi connectivity index (χ1v) is 12.5. The minimum absolute atomic E-state index is 0.0240. The summed E-state index contributed by atoms with van der Waals surface area (Å²) >= 11 is 21.1. The second kappa shape index (κ2) is 6.88. The van der Waals surface area contributed by atoms with Gasteiger partial charge in [0.05, 0.1) is 28.5 Å². The summed E-state index contributed by atoms with van der Waals surface area (Å²) in [7, 11) is 0. The third-order valence-corrected chi connectivity index (χ3v) is 9.71. The number of nitrogens with zero attached hydrogens (tertiary/aromatic N) is 3. The van der Waals surface area contributed by atoms with Gasteiger partial charge in [0.2, 0.25) is 5.91 Å². The van der Waals surface area contributed by atoms with Crippen molar-refractivity contribution in [2.24, 2.45) is 4.99 Å². The zero-order chi connectivity index (χ0) is 21.6. The van der Waals surface area contributed by atoms with Gasteiger partial charge in [0.15, 0.2) is 4.73 Å². The fourth-order valence-corrected chi connectivity index (χ4v) is 6.58. The Morgan fingerprint density at radius 2 is 1.93 bits per heavy atom. The number of aromatic amines is 1. The summed E-state index contributed by atoms with van der Waals surface area (Å²) in [6, 6.07) is 1.96. The van der Waals surface area contributed by atoms with Crippen molar-refractivity contribution in [2.75, 3.05) is 0 Å². The quantitative estimate of drug-likeness (QED) is 0.240. The predicted molar refractivity (Wildman–Crippen MR) is 132 cm³/mol. The van der Waals surface area contributed by atoms with Crippen LogP contribution in [0.2, 0.25) is 0 Å². The molecule has 1 amide bonds. The Hall–Kier alpha value is -0.740. The van der Waals surface area contributed by atoms with Gasteiger partial charge < -0.3 is 9.88 Å². The molecule has 1 aromatic carbocycles. The Morgan fingerprint density at radius 1 is 1.20 bits per heavy atom. The summed E-state index contributed by atoms with van der Waals surface area (Å²) in [5.74, 6) is -0.0240. The average Bonchev–Trinajstić information content (AvgIpc) is 3.22. The molecule has 5 nitrogen and oxygen atoms in total. The number of hydrogen-bond donors (Lipinski definition) is 1. The molecule has 4 heterocycles. The number of nitrogens with one attached hydrogen (secondary N) is 1. The summed E-state index contributed by atoms with van der Waals surface area (Å²) in [6.07, 6.45) is 6.09. The maximum absolute atomic E-state index is 12.8. The first kappa shape index (κ1) is 21.1. The molecular formula is C20H13Br4ClN4O. The largest absolute Gasteiger partial charge is 0.335 e. The van der Waals surface area contributed by atoms with E-state index in [1.165, 1.54) is 0 Å². The van der Waals surface area contributed by atoms with Crippen LogP contribution in [-0.2, 0) is 15.7 Å². The van der Waals surface area contributed by atoms with Crippen molar-refractivity contribution in [2.45, 2.75) is 31.2 Å². The molecule has 0 aliphatic carbocycles. The summed E-state index contributed by atoms with van der Waals surface area (Å²) < 4.78 is 3.21. The van der Waals surface area contributed by atoms with E-state index in [9.17, 15) is 4.79 Å². The van der Waals surface area contributed by atoms with Gasteiger partial charge in [-0.2, -0.15) is 0 Å². The molecule has 1 N–H and O–H groups in total. The van der Waals surface area contributed by atoms with E-state index in [0.29, 0.717) is 21.9 Å². The van der Waals surface area contributed by atoms with Crippen LogP contribution in [0, 0.1) is 0 Å². The maximum Gasteiger partial charge on any atom is 0.230 e. The van der Waals surface area contributed by atoms with E-state index in [-0.39, 0.29) is 5.91 Å². The van der Waals surface area contributed by atoms with Crippen LogP contribution in [0.3, 0.4) is 0 Å². The van der Waals surface area contributed by atoms with Crippen molar-refractivity contribution in [3.05, 3.63) is 59.5 Å². The molecule has 1 aromatic heterocycles. The Balaban J connectivity index is 1.82. The molecule has 2 aromatic rings. The highest BCUT2D eigenvalue weighted by Gasteiger charge is 2.59. The molecule has 0 saturated carbocycles. The van der Waals surface area contributed by atoms with Crippen molar-refractivity contribution in [3.8, 4) is 0 Å². The zero-order valence-electron chi connectivity index (χ0n) is 15.7. The van der Waals surface area contributed by atoms with Gasteiger partial charge in [-0.25, -0.2) is 4.98 Å². The number of amides is 1. The van der Waals surface area contributed by atoms with E-state index in [4.69, 9.17) is 16.6 Å². The highest BCUT2D eigenvalue weighted by atomic mass is 79.9. The fourth-order valence-electron chi connectivity index (χ4n) is 4.23. The molecule has 154 valence electrons. The lowest BCUT2D eigenvalue weighted by Gasteiger charge is -2.49. The van der Waals surface area contributed by atoms with Crippen LogP contribution in [-0.4, -0.2) is 26.5 Å². The fraction of sp³-hybridized carbons (Fsp3) is 0.250. The summed E-state index contributed by atoms with van der Waals surface area (Å²) in [6.45, 7) is 4.17.